The third-order valence-corrected chi connectivity index (χ3v) is 1.95. The minimum Gasteiger partial charge on any atom is -0.316 e. The van der Waals surface area contributed by atoms with Crippen LogP contribution in [0.1, 0.15) is 19.3 Å². The molecule has 0 rings (SSSR count). The first kappa shape index (κ1) is 11.7. The van der Waals surface area contributed by atoms with E-state index in [1.165, 1.54) is 12.8 Å². The predicted molar refractivity (Wildman–Crippen MR) is 55.4 cm³/mol. The van der Waals surface area contributed by atoms with Crippen LogP contribution in [0.5, 0.6) is 0 Å². The van der Waals surface area contributed by atoms with Crippen LogP contribution in [-0.4, -0.2) is 38.6 Å². The molecule has 2 nitrogen and oxygen atoms in total. The second-order valence-corrected chi connectivity index (χ2v) is 3.47. The van der Waals surface area contributed by atoms with E-state index >= 15 is 0 Å². The Morgan fingerprint density at radius 2 is 2.17 bits per heavy atom. The molecule has 1 N–H and O–H groups in total. The van der Waals surface area contributed by atoms with E-state index in [0.717, 1.165) is 13.0 Å². The molecule has 0 aromatic carbocycles. The molecule has 0 amide bonds. The zero-order valence-corrected chi connectivity index (χ0v) is 8.64. The first-order valence-corrected chi connectivity index (χ1v) is 4.63. The van der Waals surface area contributed by atoms with Crippen molar-refractivity contribution in [3.63, 3.8) is 0 Å². The van der Waals surface area contributed by atoms with E-state index in [9.17, 15) is 0 Å². The van der Waals surface area contributed by atoms with Crippen LogP contribution in [0.4, 0.5) is 0 Å². The van der Waals surface area contributed by atoms with Crippen molar-refractivity contribution in [3.8, 4) is 0 Å². The fourth-order valence-electron chi connectivity index (χ4n) is 1.28. The van der Waals surface area contributed by atoms with E-state index in [-0.39, 0.29) is 0 Å². The molecule has 0 aromatic rings. The van der Waals surface area contributed by atoms with E-state index < -0.39 is 0 Å². The Bertz CT molecular complexity index is 110. The van der Waals surface area contributed by atoms with Crippen LogP contribution in [0.2, 0.25) is 0 Å². The molecule has 0 aliphatic rings. The summed E-state index contributed by atoms with van der Waals surface area (Å²) >= 11 is 0. The SMILES string of the molecule is C=CCCCC(CN(C)C)NC. The lowest BCUT2D eigenvalue weighted by atomic mass is 10.1. The van der Waals surface area contributed by atoms with Crippen LogP contribution in [0, 0.1) is 0 Å². The minimum atomic E-state index is 0.625. The Hall–Kier alpha value is -0.340. The van der Waals surface area contributed by atoms with Gasteiger partial charge in [0.2, 0.25) is 0 Å². The Balaban J connectivity index is 3.45. The van der Waals surface area contributed by atoms with Gasteiger partial charge in [-0.15, -0.1) is 6.58 Å². The second-order valence-electron chi connectivity index (χ2n) is 3.47. The molecule has 72 valence electrons. The molecule has 2 heteroatoms. The van der Waals surface area contributed by atoms with E-state index in [1.54, 1.807) is 0 Å². The van der Waals surface area contributed by atoms with Gasteiger partial charge >= 0.3 is 0 Å². The highest BCUT2D eigenvalue weighted by Crippen LogP contribution is 2.01. The number of allylic oxidation sites excluding steroid dienone is 1. The lowest BCUT2D eigenvalue weighted by Crippen LogP contribution is -2.35. The third kappa shape index (κ3) is 6.38. The summed E-state index contributed by atoms with van der Waals surface area (Å²) in [4.78, 5) is 2.22. The van der Waals surface area contributed by atoms with Gasteiger partial charge in [-0.05, 0) is 40.4 Å². The molecule has 0 saturated carbocycles. The standard InChI is InChI=1S/C10H22N2/c1-5-6-7-8-10(11-2)9-12(3)4/h5,10-11H,1,6-9H2,2-4H3. The lowest BCUT2D eigenvalue weighted by Gasteiger charge is -2.19. The van der Waals surface area contributed by atoms with Gasteiger partial charge in [-0.2, -0.15) is 0 Å². The van der Waals surface area contributed by atoms with Gasteiger partial charge in [0.1, 0.15) is 0 Å². The van der Waals surface area contributed by atoms with Crippen molar-refractivity contribution in [2.24, 2.45) is 0 Å². The normalized spacial score (nSPS) is 13.3. The Morgan fingerprint density at radius 1 is 1.50 bits per heavy atom. The molecule has 1 unspecified atom stereocenters. The summed E-state index contributed by atoms with van der Waals surface area (Å²) in [7, 11) is 6.25. The summed E-state index contributed by atoms with van der Waals surface area (Å²) in [6.45, 7) is 4.83. The van der Waals surface area contributed by atoms with Gasteiger partial charge in [-0.3, -0.25) is 0 Å². The first-order valence-electron chi connectivity index (χ1n) is 4.63. The highest BCUT2D eigenvalue weighted by Gasteiger charge is 2.05. The molecule has 0 saturated heterocycles. The summed E-state index contributed by atoms with van der Waals surface area (Å²) in [6, 6.07) is 0.625. The zero-order chi connectivity index (χ0) is 9.40. The van der Waals surface area contributed by atoms with Gasteiger partial charge in [0.25, 0.3) is 0 Å². The maximum absolute atomic E-state index is 3.71. The zero-order valence-electron chi connectivity index (χ0n) is 8.64. The van der Waals surface area contributed by atoms with Gasteiger partial charge in [0.15, 0.2) is 0 Å². The largest absolute Gasteiger partial charge is 0.316 e. The number of rotatable bonds is 7. The van der Waals surface area contributed by atoms with Gasteiger partial charge in [-0.1, -0.05) is 6.08 Å². The van der Waals surface area contributed by atoms with Crippen molar-refractivity contribution >= 4 is 0 Å². The van der Waals surface area contributed by atoms with E-state index in [1.807, 2.05) is 13.1 Å². The van der Waals surface area contributed by atoms with Crippen LogP contribution >= 0.6 is 0 Å². The number of likely N-dealkylation sites (N-methyl/N-ethyl adjacent to an activating group) is 2. The molecule has 0 spiro atoms. The Kier molecular flexibility index (Phi) is 7.11. The van der Waals surface area contributed by atoms with Crippen LogP contribution < -0.4 is 5.32 Å². The quantitative estimate of drug-likeness (QED) is 0.460. The average molecular weight is 170 g/mol. The van der Waals surface area contributed by atoms with Gasteiger partial charge in [0, 0.05) is 12.6 Å². The summed E-state index contributed by atoms with van der Waals surface area (Å²) in [5, 5.41) is 3.32. The fraction of sp³-hybridized carbons (Fsp3) is 0.800. The molecule has 0 aromatic heterocycles. The van der Waals surface area contributed by atoms with Gasteiger partial charge < -0.3 is 10.2 Å². The maximum atomic E-state index is 3.71. The first-order chi connectivity index (χ1) is 5.70. The minimum absolute atomic E-state index is 0.625. The number of hydrogen-bond acceptors (Lipinski definition) is 2. The van der Waals surface area contributed by atoms with Crippen molar-refractivity contribution in [3.05, 3.63) is 12.7 Å². The number of nitrogens with zero attached hydrogens (tertiary/aromatic N) is 1. The topological polar surface area (TPSA) is 15.3 Å². The number of hydrogen-bond donors (Lipinski definition) is 1. The Morgan fingerprint density at radius 3 is 2.58 bits per heavy atom. The monoisotopic (exact) mass is 170 g/mol. The van der Waals surface area contributed by atoms with E-state index in [4.69, 9.17) is 0 Å². The maximum Gasteiger partial charge on any atom is 0.0191 e. The number of nitrogens with one attached hydrogen (secondary N) is 1. The molecule has 0 aliphatic heterocycles. The van der Waals surface area contributed by atoms with Crippen molar-refractivity contribution < 1.29 is 0 Å². The molecule has 0 heterocycles. The fourth-order valence-corrected chi connectivity index (χ4v) is 1.28. The molecule has 0 radical (unpaired) electrons. The van der Waals surface area contributed by atoms with Crippen LogP contribution in [-0.2, 0) is 0 Å². The van der Waals surface area contributed by atoms with Crippen LogP contribution in [0.15, 0.2) is 12.7 Å². The smallest absolute Gasteiger partial charge is 0.0191 e. The molecular formula is C10H22N2. The van der Waals surface area contributed by atoms with Gasteiger partial charge in [-0.25, -0.2) is 0 Å². The summed E-state index contributed by atoms with van der Waals surface area (Å²) in [5.74, 6) is 0. The van der Waals surface area contributed by atoms with Crippen molar-refractivity contribution in [2.75, 3.05) is 27.7 Å². The average Bonchev–Trinajstić information content (AvgIpc) is 2.02. The van der Waals surface area contributed by atoms with E-state index in [2.05, 4.69) is 30.9 Å². The number of unbranched alkanes of at least 4 members (excludes halogenated alkanes) is 1. The molecular weight excluding hydrogens is 148 g/mol. The van der Waals surface area contributed by atoms with Crippen molar-refractivity contribution in [1.82, 2.24) is 10.2 Å². The molecule has 0 fully saturated rings. The molecule has 12 heavy (non-hydrogen) atoms. The third-order valence-electron chi connectivity index (χ3n) is 1.95. The van der Waals surface area contributed by atoms with Crippen LogP contribution in [0.3, 0.4) is 0 Å². The predicted octanol–water partition coefficient (Wildman–Crippen LogP) is 1.49. The van der Waals surface area contributed by atoms with Crippen molar-refractivity contribution in [1.29, 1.82) is 0 Å². The summed E-state index contributed by atoms with van der Waals surface area (Å²) in [5.41, 5.74) is 0. The van der Waals surface area contributed by atoms with Crippen molar-refractivity contribution in [2.45, 2.75) is 25.3 Å². The molecule has 0 aliphatic carbocycles. The molecule has 1 atom stereocenters. The summed E-state index contributed by atoms with van der Waals surface area (Å²) in [6.07, 6.45) is 5.59. The highest BCUT2D eigenvalue weighted by atomic mass is 15.1. The highest BCUT2D eigenvalue weighted by molar-refractivity contribution is 4.71. The summed E-state index contributed by atoms with van der Waals surface area (Å²) < 4.78 is 0. The molecule has 0 bridgehead atoms. The van der Waals surface area contributed by atoms with Gasteiger partial charge in [0.05, 0.1) is 0 Å². The Labute approximate surface area is 76.6 Å². The lowest BCUT2D eigenvalue weighted by molar-refractivity contribution is 0.334. The van der Waals surface area contributed by atoms with Crippen LogP contribution in [0.25, 0.3) is 0 Å². The second kappa shape index (κ2) is 7.32. The van der Waals surface area contributed by atoms with E-state index in [0.29, 0.717) is 6.04 Å².